The summed E-state index contributed by atoms with van der Waals surface area (Å²) < 4.78 is 13.9. The number of rotatable bonds is 8. The van der Waals surface area contributed by atoms with Gasteiger partial charge in [0.2, 0.25) is 0 Å². The third-order valence-electron chi connectivity index (χ3n) is 3.55. The summed E-state index contributed by atoms with van der Waals surface area (Å²) >= 11 is 0. The molecule has 0 fully saturated rings. The molecule has 0 saturated carbocycles. The Kier molecular flexibility index (Phi) is 7.03. The Hall–Kier alpha value is -0.930. The van der Waals surface area contributed by atoms with Crippen LogP contribution in [0.2, 0.25) is 0 Å². The third-order valence-corrected chi connectivity index (χ3v) is 3.55. The number of nitrogens with zero attached hydrogens (tertiary/aromatic N) is 1. The molecule has 1 aromatic carbocycles. The van der Waals surface area contributed by atoms with Crippen molar-refractivity contribution in [3.05, 3.63) is 35.6 Å². The van der Waals surface area contributed by atoms with Crippen LogP contribution in [0.5, 0.6) is 0 Å². The van der Waals surface area contributed by atoms with Gasteiger partial charge in [0.1, 0.15) is 5.82 Å². The van der Waals surface area contributed by atoms with Gasteiger partial charge in [-0.05, 0) is 25.6 Å². The van der Waals surface area contributed by atoms with E-state index in [0.717, 1.165) is 25.2 Å². The number of hydrogen-bond acceptors (Lipinski definition) is 2. The van der Waals surface area contributed by atoms with Crippen molar-refractivity contribution in [2.24, 2.45) is 5.92 Å². The molecule has 0 aliphatic heterocycles. The predicted octanol–water partition coefficient (Wildman–Crippen LogP) is 3.45. The molecule has 2 unspecified atom stereocenters. The van der Waals surface area contributed by atoms with Crippen LogP contribution in [-0.4, -0.2) is 31.6 Å². The van der Waals surface area contributed by atoms with Crippen LogP contribution in [0.4, 0.5) is 4.39 Å². The smallest absolute Gasteiger partial charge is 0.128 e. The highest BCUT2D eigenvalue weighted by atomic mass is 19.1. The highest BCUT2D eigenvalue weighted by Gasteiger charge is 2.17. The van der Waals surface area contributed by atoms with Crippen molar-refractivity contribution in [1.29, 1.82) is 0 Å². The molecule has 19 heavy (non-hydrogen) atoms. The molecule has 0 saturated heterocycles. The average Bonchev–Trinajstić information content (AvgIpc) is 2.38. The molecule has 2 atom stereocenters. The van der Waals surface area contributed by atoms with Crippen molar-refractivity contribution in [1.82, 2.24) is 10.2 Å². The molecule has 1 N–H and O–H groups in total. The second kappa shape index (κ2) is 8.28. The Bertz CT molecular complexity index is 368. The summed E-state index contributed by atoms with van der Waals surface area (Å²) in [6, 6.07) is 7.11. The monoisotopic (exact) mass is 266 g/mol. The fourth-order valence-corrected chi connectivity index (χ4v) is 2.32. The van der Waals surface area contributed by atoms with Gasteiger partial charge in [-0.3, -0.25) is 0 Å². The minimum absolute atomic E-state index is 0.0558. The van der Waals surface area contributed by atoms with Gasteiger partial charge in [0, 0.05) is 24.7 Å². The molecule has 0 aliphatic carbocycles. The van der Waals surface area contributed by atoms with Crippen LogP contribution in [0.25, 0.3) is 0 Å². The third kappa shape index (κ3) is 5.29. The lowest BCUT2D eigenvalue weighted by Crippen LogP contribution is -2.35. The van der Waals surface area contributed by atoms with Crippen LogP contribution in [0.3, 0.4) is 0 Å². The summed E-state index contributed by atoms with van der Waals surface area (Å²) in [6.07, 6.45) is 1.18. The summed E-state index contributed by atoms with van der Waals surface area (Å²) in [4.78, 5) is 2.29. The van der Waals surface area contributed by atoms with E-state index in [1.807, 2.05) is 12.1 Å². The zero-order valence-electron chi connectivity index (χ0n) is 12.6. The van der Waals surface area contributed by atoms with Crippen LogP contribution < -0.4 is 5.32 Å². The molecule has 0 aliphatic rings. The Morgan fingerprint density at radius 2 is 1.89 bits per heavy atom. The summed E-state index contributed by atoms with van der Waals surface area (Å²) in [6.45, 7) is 9.24. The molecule has 1 rings (SSSR count). The van der Waals surface area contributed by atoms with E-state index in [9.17, 15) is 4.39 Å². The van der Waals surface area contributed by atoms with Gasteiger partial charge in [-0.15, -0.1) is 0 Å². The standard InChI is InChI=1S/C16H27FN2/c1-5-13(3)11-19(4)12-16(18-6-2)14-9-7-8-10-15(14)17/h7-10,13,16,18H,5-6,11-12H2,1-4H3. The SMILES string of the molecule is CCNC(CN(C)CC(C)CC)c1ccccc1F. The predicted molar refractivity (Wildman–Crippen MR) is 79.8 cm³/mol. The molecule has 108 valence electrons. The molecule has 0 radical (unpaired) electrons. The Labute approximate surface area is 117 Å². The molecular formula is C16H27FN2. The van der Waals surface area contributed by atoms with Crippen molar-refractivity contribution >= 4 is 0 Å². The van der Waals surface area contributed by atoms with E-state index in [2.05, 4.69) is 38.0 Å². The first-order valence-electron chi connectivity index (χ1n) is 7.24. The second-order valence-electron chi connectivity index (χ2n) is 5.37. The maximum Gasteiger partial charge on any atom is 0.128 e. The van der Waals surface area contributed by atoms with Crippen LogP contribution in [0.1, 0.15) is 38.8 Å². The fourth-order valence-electron chi connectivity index (χ4n) is 2.32. The highest BCUT2D eigenvalue weighted by Crippen LogP contribution is 2.18. The number of hydrogen-bond donors (Lipinski definition) is 1. The van der Waals surface area contributed by atoms with E-state index in [1.165, 1.54) is 12.5 Å². The quantitative estimate of drug-likeness (QED) is 0.775. The summed E-state index contributed by atoms with van der Waals surface area (Å²) in [5.74, 6) is 0.554. The Balaban J connectivity index is 2.70. The summed E-state index contributed by atoms with van der Waals surface area (Å²) in [7, 11) is 2.11. The lowest BCUT2D eigenvalue weighted by Gasteiger charge is -2.27. The van der Waals surface area contributed by atoms with Gasteiger partial charge in [0.15, 0.2) is 0 Å². The van der Waals surface area contributed by atoms with E-state index in [1.54, 1.807) is 6.07 Å². The van der Waals surface area contributed by atoms with Crippen molar-refractivity contribution in [2.45, 2.75) is 33.2 Å². The second-order valence-corrected chi connectivity index (χ2v) is 5.37. The minimum Gasteiger partial charge on any atom is -0.309 e. The lowest BCUT2D eigenvalue weighted by atomic mass is 10.0. The molecular weight excluding hydrogens is 239 g/mol. The summed E-state index contributed by atoms with van der Waals surface area (Å²) in [5, 5.41) is 3.38. The van der Waals surface area contributed by atoms with E-state index < -0.39 is 0 Å². The average molecular weight is 266 g/mol. The van der Waals surface area contributed by atoms with E-state index in [-0.39, 0.29) is 11.9 Å². The number of nitrogens with one attached hydrogen (secondary N) is 1. The van der Waals surface area contributed by atoms with Crippen LogP contribution in [-0.2, 0) is 0 Å². The fraction of sp³-hybridized carbons (Fsp3) is 0.625. The van der Waals surface area contributed by atoms with Crippen molar-refractivity contribution in [2.75, 3.05) is 26.7 Å². The number of benzene rings is 1. The molecule has 1 aromatic rings. The maximum atomic E-state index is 13.9. The minimum atomic E-state index is -0.120. The molecule has 3 heteroatoms. The van der Waals surface area contributed by atoms with E-state index in [4.69, 9.17) is 0 Å². The Morgan fingerprint density at radius 1 is 1.21 bits per heavy atom. The topological polar surface area (TPSA) is 15.3 Å². The molecule has 0 aromatic heterocycles. The van der Waals surface area contributed by atoms with E-state index >= 15 is 0 Å². The van der Waals surface area contributed by atoms with Gasteiger partial charge in [-0.2, -0.15) is 0 Å². The first kappa shape index (κ1) is 16.1. The van der Waals surface area contributed by atoms with Crippen LogP contribution in [0.15, 0.2) is 24.3 Å². The van der Waals surface area contributed by atoms with Crippen LogP contribution >= 0.6 is 0 Å². The zero-order chi connectivity index (χ0) is 14.3. The van der Waals surface area contributed by atoms with Crippen LogP contribution in [0, 0.1) is 11.7 Å². The number of likely N-dealkylation sites (N-methyl/N-ethyl adjacent to an activating group) is 2. The largest absolute Gasteiger partial charge is 0.309 e. The van der Waals surface area contributed by atoms with Gasteiger partial charge < -0.3 is 10.2 Å². The molecule has 0 amide bonds. The van der Waals surface area contributed by atoms with Crippen molar-refractivity contribution < 1.29 is 4.39 Å². The first-order chi connectivity index (χ1) is 9.08. The Morgan fingerprint density at radius 3 is 2.47 bits per heavy atom. The van der Waals surface area contributed by atoms with E-state index in [0.29, 0.717) is 5.92 Å². The van der Waals surface area contributed by atoms with Gasteiger partial charge in [-0.1, -0.05) is 45.4 Å². The lowest BCUT2D eigenvalue weighted by molar-refractivity contribution is 0.251. The van der Waals surface area contributed by atoms with Gasteiger partial charge in [0.25, 0.3) is 0 Å². The normalized spacial score (nSPS) is 14.6. The van der Waals surface area contributed by atoms with Gasteiger partial charge in [0.05, 0.1) is 0 Å². The van der Waals surface area contributed by atoms with Gasteiger partial charge in [-0.25, -0.2) is 4.39 Å². The number of halogens is 1. The molecule has 0 bridgehead atoms. The van der Waals surface area contributed by atoms with Gasteiger partial charge >= 0.3 is 0 Å². The maximum absolute atomic E-state index is 13.9. The molecule has 0 spiro atoms. The molecule has 2 nitrogen and oxygen atoms in total. The van der Waals surface area contributed by atoms with Crippen molar-refractivity contribution in [3.63, 3.8) is 0 Å². The zero-order valence-corrected chi connectivity index (χ0v) is 12.6. The van der Waals surface area contributed by atoms with Crippen molar-refractivity contribution in [3.8, 4) is 0 Å². The first-order valence-corrected chi connectivity index (χ1v) is 7.24. The molecule has 0 heterocycles. The highest BCUT2D eigenvalue weighted by molar-refractivity contribution is 5.21. The summed E-state index contributed by atoms with van der Waals surface area (Å²) in [5.41, 5.74) is 0.764.